The molecular formula is C18H24N2. The van der Waals surface area contributed by atoms with Crippen LogP contribution in [0.5, 0.6) is 0 Å². The number of nitrogens with zero attached hydrogens (tertiary/aromatic N) is 1. The van der Waals surface area contributed by atoms with Crippen LogP contribution < -0.4 is 5.73 Å². The van der Waals surface area contributed by atoms with Gasteiger partial charge in [-0.3, -0.25) is 4.90 Å². The van der Waals surface area contributed by atoms with E-state index >= 15 is 0 Å². The predicted octanol–water partition coefficient (Wildman–Crippen LogP) is 3.71. The summed E-state index contributed by atoms with van der Waals surface area (Å²) in [6, 6.07) is 15.9. The van der Waals surface area contributed by atoms with Gasteiger partial charge in [0.25, 0.3) is 0 Å². The molecule has 0 bridgehead atoms. The number of hydrogen-bond donors (Lipinski definition) is 1. The minimum atomic E-state index is 0.105. The third-order valence-corrected chi connectivity index (χ3v) is 4.23. The molecule has 1 unspecified atom stereocenters. The summed E-state index contributed by atoms with van der Waals surface area (Å²) in [5, 5.41) is 2.59. The van der Waals surface area contributed by atoms with Gasteiger partial charge in [-0.2, -0.15) is 0 Å². The van der Waals surface area contributed by atoms with Crippen molar-refractivity contribution in [1.82, 2.24) is 4.90 Å². The highest BCUT2D eigenvalue weighted by Gasteiger charge is 2.29. The number of benzene rings is 2. The minimum absolute atomic E-state index is 0.105. The Hall–Kier alpha value is -1.38. The average Bonchev–Trinajstić information content (AvgIpc) is 3.31. The molecule has 106 valence electrons. The highest BCUT2D eigenvalue weighted by molar-refractivity contribution is 5.86. The largest absolute Gasteiger partial charge is 0.323 e. The van der Waals surface area contributed by atoms with Crippen molar-refractivity contribution < 1.29 is 0 Å². The molecule has 3 rings (SSSR count). The zero-order valence-electron chi connectivity index (χ0n) is 12.3. The lowest BCUT2D eigenvalue weighted by atomic mass is 9.99. The van der Waals surface area contributed by atoms with Gasteiger partial charge in [0, 0.05) is 18.6 Å². The molecule has 1 fully saturated rings. The van der Waals surface area contributed by atoms with Gasteiger partial charge in [0.15, 0.2) is 0 Å². The van der Waals surface area contributed by atoms with Crippen molar-refractivity contribution in [3.8, 4) is 0 Å². The van der Waals surface area contributed by atoms with E-state index in [1.54, 1.807) is 0 Å². The molecule has 0 saturated heterocycles. The number of rotatable bonds is 6. The first kappa shape index (κ1) is 13.6. The Bertz CT molecular complexity index is 569. The summed E-state index contributed by atoms with van der Waals surface area (Å²) in [5.41, 5.74) is 7.80. The molecular weight excluding hydrogens is 244 g/mol. The highest BCUT2D eigenvalue weighted by atomic mass is 15.2. The standard InChI is InChI=1S/C18H24N2/c1-2-12-20(15-10-11-15)13-18(19)17-9-5-7-14-6-3-4-8-16(14)17/h3-9,15,18H,2,10-13,19H2,1H3. The first-order valence-electron chi connectivity index (χ1n) is 7.77. The van der Waals surface area contributed by atoms with E-state index in [-0.39, 0.29) is 6.04 Å². The third kappa shape index (κ3) is 2.87. The zero-order chi connectivity index (χ0) is 13.9. The van der Waals surface area contributed by atoms with Gasteiger partial charge in [0.05, 0.1) is 0 Å². The minimum Gasteiger partial charge on any atom is -0.323 e. The van der Waals surface area contributed by atoms with Crippen molar-refractivity contribution in [3.63, 3.8) is 0 Å². The Balaban J connectivity index is 1.82. The fraction of sp³-hybridized carbons (Fsp3) is 0.444. The van der Waals surface area contributed by atoms with E-state index in [2.05, 4.69) is 54.3 Å². The van der Waals surface area contributed by atoms with Gasteiger partial charge in [-0.1, -0.05) is 49.4 Å². The Morgan fingerprint density at radius 3 is 2.65 bits per heavy atom. The molecule has 2 heteroatoms. The maximum Gasteiger partial charge on any atom is 0.0430 e. The molecule has 2 aromatic carbocycles. The monoisotopic (exact) mass is 268 g/mol. The van der Waals surface area contributed by atoms with Crippen LogP contribution in [0.4, 0.5) is 0 Å². The second kappa shape index (κ2) is 5.94. The molecule has 1 saturated carbocycles. The number of nitrogens with two attached hydrogens (primary N) is 1. The van der Waals surface area contributed by atoms with Gasteiger partial charge in [-0.05, 0) is 42.1 Å². The van der Waals surface area contributed by atoms with E-state index in [0.717, 1.165) is 12.6 Å². The molecule has 2 aromatic rings. The van der Waals surface area contributed by atoms with Crippen molar-refractivity contribution in [2.75, 3.05) is 13.1 Å². The van der Waals surface area contributed by atoms with Gasteiger partial charge < -0.3 is 5.73 Å². The van der Waals surface area contributed by atoms with Gasteiger partial charge >= 0.3 is 0 Å². The Morgan fingerprint density at radius 2 is 1.90 bits per heavy atom. The van der Waals surface area contributed by atoms with E-state index < -0.39 is 0 Å². The summed E-state index contributed by atoms with van der Waals surface area (Å²) in [6.45, 7) is 4.40. The molecule has 0 spiro atoms. The van der Waals surface area contributed by atoms with Crippen LogP contribution in [0, 0.1) is 0 Å². The van der Waals surface area contributed by atoms with Gasteiger partial charge in [0.2, 0.25) is 0 Å². The molecule has 1 aliphatic rings. The van der Waals surface area contributed by atoms with Crippen molar-refractivity contribution >= 4 is 10.8 Å². The Labute approximate surface area is 121 Å². The topological polar surface area (TPSA) is 29.3 Å². The van der Waals surface area contributed by atoms with Crippen molar-refractivity contribution in [2.24, 2.45) is 5.73 Å². The summed E-state index contributed by atoms with van der Waals surface area (Å²) in [7, 11) is 0. The lowest BCUT2D eigenvalue weighted by Crippen LogP contribution is -2.34. The van der Waals surface area contributed by atoms with E-state index in [1.165, 1.54) is 42.1 Å². The molecule has 1 atom stereocenters. The Kier molecular flexibility index (Phi) is 4.04. The van der Waals surface area contributed by atoms with Crippen LogP contribution in [-0.2, 0) is 0 Å². The summed E-state index contributed by atoms with van der Waals surface area (Å²) < 4.78 is 0. The number of fused-ring (bicyclic) bond motifs is 1. The fourth-order valence-electron chi connectivity index (χ4n) is 3.07. The predicted molar refractivity (Wildman–Crippen MR) is 85.8 cm³/mol. The zero-order valence-corrected chi connectivity index (χ0v) is 12.3. The summed E-state index contributed by atoms with van der Waals surface area (Å²) >= 11 is 0. The third-order valence-electron chi connectivity index (χ3n) is 4.23. The van der Waals surface area contributed by atoms with Crippen LogP contribution in [0.1, 0.15) is 37.8 Å². The summed E-state index contributed by atoms with van der Waals surface area (Å²) in [5.74, 6) is 0. The summed E-state index contributed by atoms with van der Waals surface area (Å²) in [4.78, 5) is 2.58. The van der Waals surface area contributed by atoms with E-state index in [9.17, 15) is 0 Å². The smallest absolute Gasteiger partial charge is 0.0430 e. The van der Waals surface area contributed by atoms with Crippen LogP contribution in [0.15, 0.2) is 42.5 Å². The van der Waals surface area contributed by atoms with Crippen LogP contribution in [0.25, 0.3) is 10.8 Å². The van der Waals surface area contributed by atoms with Crippen LogP contribution in [0.3, 0.4) is 0 Å². The average molecular weight is 268 g/mol. The molecule has 0 radical (unpaired) electrons. The maximum absolute atomic E-state index is 6.52. The first-order valence-corrected chi connectivity index (χ1v) is 7.77. The number of hydrogen-bond acceptors (Lipinski definition) is 2. The molecule has 0 aliphatic heterocycles. The van der Waals surface area contributed by atoms with Gasteiger partial charge in [-0.25, -0.2) is 0 Å². The SMILES string of the molecule is CCCN(CC(N)c1cccc2ccccc12)C1CC1. The molecule has 0 amide bonds. The van der Waals surface area contributed by atoms with Crippen molar-refractivity contribution in [1.29, 1.82) is 0 Å². The van der Waals surface area contributed by atoms with Gasteiger partial charge in [0.1, 0.15) is 0 Å². The van der Waals surface area contributed by atoms with Gasteiger partial charge in [-0.15, -0.1) is 0 Å². The molecule has 2 nitrogen and oxygen atoms in total. The second-order valence-corrected chi connectivity index (χ2v) is 5.90. The first-order chi connectivity index (χ1) is 9.79. The molecule has 20 heavy (non-hydrogen) atoms. The van der Waals surface area contributed by atoms with Crippen molar-refractivity contribution in [3.05, 3.63) is 48.0 Å². The van der Waals surface area contributed by atoms with Crippen molar-refractivity contribution in [2.45, 2.75) is 38.3 Å². The van der Waals surface area contributed by atoms with E-state index in [1.807, 2.05) is 0 Å². The molecule has 0 heterocycles. The fourth-order valence-corrected chi connectivity index (χ4v) is 3.07. The maximum atomic E-state index is 6.52. The molecule has 2 N–H and O–H groups in total. The van der Waals surface area contributed by atoms with E-state index in [0.29, 0.717) is 0 Å². The normalized spacial score (nSPS) is 16.8. The highest BCUT2D eigenvalue weighted by Crippen LogP contribution is 2.30. The van der Waals surface area contributed by atoms with Crippen LogP contribution in [0.2, 0.25) is 0 Å². The molecule has 1 aliphatic carbocycles. The van der Waals surface area contributed by atoms with Crippen LogP contribution in [-0.4, -0.2) is 24.0 Å². The molecule has 0 aromatic heterocycles. The quantitative estimate of drug-likeness (QED) is 0.865. The lowest BCUT2D eigenvalue weighted by Gasteiger charge is -2.26. The lowest BCUT2D eigenvalue weighted by molar-refractivity contribution is 0.248. The van der Waals surface area contributed by atoms with E-state index in [4.69, 9.17) is 5.73 Å². The summed E-state index contributed by atoms with van der Waals surface area (Å²) in [6.07, 6.45) is 3.91. The second-order valence-electron chi connectivity index (χ2n) is 5.90. The van der Waals surface area contributed by atoms with Crippen LogP contribution >= 0.6 is 0 Å². The Morgan fingerprint density at radius 1 is 1.15 bits per heavy atom.